The van der Waals surface area contributed by atoms with Crippen LogP contribution in [0.1, 0.15) is 31.3 Å². The van der Waals surface area contributed by atoms with Gasteiger partial charge in [0, 0.05) is 37.1 Å². The van der Waals surface area contributed by atoms with Crippen LogP contribution in [0.2, 0.25) is 0 Å². The van der Waals surface area contributed by atoms with Crippen LogP contribution in [0.5, 0.6) is 11.5 Å². The number of rotatable bonds is 6. The summed E-state index contributed by atoms with van der Waals surface area (Å²) in [7, 11) is 0. The topological polar surface area (TPSA) is 107 Å². The average molecular weight is 425 g/mol. The molecule has 1 aromatic carbocycles. The van der Waals surface area contributed by atoms with Gasteiger partial charge >= 0.3 is 0 Å². The Morgan fingerprint density at radius 3 is 2.58 bits per heavy atom. The minimum Gasteiger partial charge on any atom is -0.490 e. The Kier molecular flexibility index (Phi) is 5.83. The first-order valence-corrected chi connectivity index (χ1v) is 10.5. The van der Waals surface area contributed by atoms with E-state index in [-0.39, 0.29) is 11.9 Å². The molecule has 1 aliphatic heterocycles. The molecule has 1 aliphatic rings. The molecule has 164 valence electrons. The molecule has 9 heteroatoms. The summed E-state index contributed by atoms with van der Waals surface area (Å²) in [4.78, 5) is 25.7. The standard InChI is InChI=1S/C22H27N5O4/c1-4-29-18-11-15-16(12-19(18)30-5-2)24-22(25-20(15)23)27-9-8-26(13-14(27)3)21(28)17-7-6-10-31-17/h6-7,10-12,14H,4-5,8-9,13H2,1-3H3,(H2,23,24,25). The summed E-state index contributed by atoms with van der Waals surface area (Å²) in [5, 5.41) is 0.718. The molecule has 1 atom stereocenters. The molecule has 1 unspecified atom stereocenters. The summed E-state index contributed by atoms with van der Waals surface area (Å²) in [6, 6.07) is 7.07. The fourth-order valence-corrected chi connectivity index (χ4v) is 3.81. The first kappa shape index (κ1) is 20.8. The van der Waals surface area contributed by atoms with Crippen molar-refractivity contribution in [3.63, 3.8) is 0 Å². The number of nitrogens with two attached hydrogens (primary N) is 1. The number of hydrogen-bond donors (Lipinski definition) is 1. The van der Waals surface area contributed by atoms with E-state index < -0.39 is 0 Å². The average Bonchev–Trinajstić information content (AvgIpc) is 3.29. The second-order valence-corrected chi connectivity index (χ2v) is 7.36. The summed E-state index contributed by atoms with van der Waals surface area (Å²) in [6.07, 6.45) is 1.51. The Morgan fingerprint density at radius 1 is 1.19 bits per heavy atom. The third-order valence-corrected chi connectivity index (χ3v) is 5.28. The maximum Gasteiger partial charge on any atom is 0.289 e. The molecular formula is C22H27N5O4. The van der Waals surface area contributed by atoms with Gasteiger partial charge in [0.05, 0.1) is 25.0 Å². The zero-order chi connectivity index (χ0) is 22.0. The van der Waals surface area contributed by atoms with Gasteiger partial charge in [-0.15, -0.1) is 0 Å². The number of nitrogens with zero attached hydrogens (tertiary/aromatic N) is 4. The molecule has 3 heterocycles. The van der Waals surface area contributed by atoms with Gasteiger partial charge in [-0.1, -0.05) is 0 Å². The highest BCUT2D eigenvalue weighted by Crippen LogP contribution is 2.35. The minimum absolute atomic E-state index is 0.0126. The van der Waals surface area contributed by atoms with Crippen LogP contribution in [-0.2, 0) is 0 Å². The lowest BCUT2D eigenvalue weighted by Crippen LogP contribution is -2.54. The van der Waals surface area contributed by atoms with E-state index in [4.69, 9.17) is 24.6 Å². The molecule has 2 aromatic heterocycles. The van der Waals surface area contributed by atoms with E-state index in [0.29, 0.717) is 67.4 Å². The van der Waals surface area contributed by atoms with Gasteiger partial charge in [-0.25, -0.2) is 4.98 Å². The zero-order valence-corrected chi connectivity index (χ0v) is 18.0. The fraction of sp³-hybridized carbons (Fsp3) is 0.409. The molecule has 3 aromatic rings. The number of furan rings is 1. The fourth-order valence-electron chi connectivity index (χ4n) is 3.81. The quantitative estimate of drug-likeness (QED) is 0.642. The Morgan fingerprint density at radius 2 is 1.94 bits per heavy atom. The molecule has 0 bridgehead atoms. The summed E-state index contributed by atoms with van der Waals surface area (Å²) in [6.45, 7) is 8.58. The van der Waals surface area contributed by atoms with E-state index in [0.717, 1.165) is 5.39 Å². The second kappa shape index (κ2) is 8.71. The Balaban J connectivity index is 1.60. The van der Waals surface area contributed by atoms with Crippen molar-refractivity contribution in [1.29, 1.82) is 0 Å². The number of ether oxygens (including phenoxy) is 2. The van der Waals surface area contributed by atoms with Gasteiger partial charge in [-0.05, 0) is 39.0 Å². The number of hydrogen-bond acceptors (Lipinski definition) is 8. The van der Waals surface area contributed by atoms with Crippen LogP contribution in [0.25, 0.3) is 10.9 Å². The maximum absolute atomic E-state index is 12.6. The SMILES string of the molecule is CCOc1cc2nc(N3CCN(C(=O)c4ccco4)CC3C)nc(N)c2cc1OCC. The van der Waals surface area contributed by atoms with Crippen molar-refractivity contribution in [3.8, 4) is 11.5 Å². The largest absolute Gasteiger partial charge is 0.490 e. The third-order valence-electron chi connectivity index (χ3n) is 5.28. The Bertz CT molecular complexity index is 1070. The number of fused-ring (bicyclic) bond motifs is 1. The van der Waals surface area contributed by atoms with E-state index in [9.17, 15) is 4.79 Å². The van der Waals surface area contributed by atoms with E-state index in [1.807, 2.05) is 32.9 Å². The molecule has 0 radical (unpaired) electrons. The van der Waals surface area contributed by atoms with Gasteiger partial charge in [0.2, 0.25) is 5.95 Å². The van der Waals surface area contributed by atoms with Crippen molar-refractivity contribution in [1.82, 2.24) is 14.9 Å². The molecule has 9 nitrogen and oxygen atoms in total. The predicted octanol–water partition coefficient (Wildman–Crippen LogP) is 2.95. The molecule has 31 heavy (non-hydrogen) atoms. The number of piperazine rings is 1. The van der Waals surface area contributed by atoms with Crippen LogP contribution in [-0.4, -0.2) is 59.7 Å². The highest BCUT2D eigenvalue weighted by molar-refractivity contribution is 5.92. The summed E-state index contributed by atoms with van der Waals surface area (Å²) < 4.78 is 16.7. The van der Waals surface area contributed by atoms with Crippen molar-refractivity contribution in [2.24, 2.45) is 0 Å². The van der Waals surface area contributed by atoms with Crippen molar-refractivity contribution in [2.45, 2.75) is 26.8 Å². The number of nitrogen functional groups attached to an aromatic ring is 1. The van der Waals surface area contributed by atoms with Crippen LogP contribution in [0.15, 0.2) is 34.9 Å². The summed E-state index contributed by atoms with van der Waals surface area (Å²) in [5.74, 6) is 2.40. The predicted molar refractivity (Wildman–Crippen MR) is 118 cm³/mol. The first-order valence-electron chi connectivity index (χ1n) is 10.5. The van der Waals surface area contributed by atoms with Gasteiger partial charge in [0.25, 0.3) is 5.91 Å². The molecule has 0 saturated carbocycles. The number of benzene rings is 1. The number of anilines is 2. The van der Waals surface area contributed by atoms with Gasteiger partial charge < -0.3 is 29.4 Å². The molecule has 1 saturated heterocycles. The third kappa shape index (κ3) is 4.08. The Hall–Kier alpha value is -3.49. The zero-order valence-electron chi connectivity index (χ0n) is 18.0. The molecule has 0 spiro atoms. The number of carbonyl (C=O) groups excluding carboxylic acids is 1. The van der Waals surface area contributed by atoms with E-state index in [1.165, 1.54) is 6.26 Å². The monoisotopic (exact) mass is 425 g/mol. The van der Waals surface area contributed by atoms with Crippen molar-refractivity contribution in [2.75, 3.05) is 43.5 Å². The van der Waals surface area contributed by atoms with Gasteiger partial charge in [-0.3, -0.25) is 4.79 Å². The minimum atomic E-state index is -0.111. The van der Waals surface area contributed by atoms with Crippen LogP contribution in [0, 0.1) is 0 Å². The molecule has 1 amide bonds. The summed E-state index contributed by atoms with van der Waals surface area (Å²) in [5.41, 5.74) is 6.98. The second-order valence-electron chi connectivity index (χ2n) is 7.36. The lowest BCUT2D eigenvalue weighted by molar-refractivity contribution is 0.0693. The molecule has 0 aliphatic carbocycles. The number of carbonyl (C=O) groups is 1. The Labute approximate surface area is 180 Å². The van der Waals surface area contributed by atoms with Gasteiger partial charge in [-0.2, -0.15) is 4.98 Å². The first-order chi connectivity index (χ1) is 15.0. The van der Waals surface area contributed by atoms with Crippen LogP contribution in [0.4, 0.5) is 11.8 Å². The lowest BCUT2D eigenvalue weighted by Gasteiger charge is -2.39. The van der Waals surface area contributed by atoms with Gasteiger partial charge in [0.1, 0.15) is 5.82 Å². The lowest BCUT2D eigenvalue weighted by atomic mass is 10.1. The van der Waals surface area contributed by atoms with Crippen LogP contribution < -0.4 is 20.1 Å². The van der Waals surface area contributed by atoms with Gasteiger partial charge in [0.15, 0.2) is 17.3 Å². The van der Waals surface area contributed by atoms with Crippen molar-refractivity contribution >= 4 is 28.6 Å². The highest BCUT2D eigenvalue weighted by Gasteiger charge is 2.30. The van der Waals surface area contributed by atoms with Crippen LogP contribution in [0.3, 0.4) is 0 Å². The van der Waals surface area contributed by atoms with E-state index in [1.54, 1.807) is 17.0 Å². The maximum atomic E-state index is 12.6. The molecule has 1 fully saturated rings. The smallest absolute Gasteiger partial charge is 0.289 e. The van der Waals surface area contributed by atoms with Crippen molar-refractivity contribution < 1.29 is 18.7 Å². The highest BCUT2D eigenvalue weighted by atomic mass is 16.5. The van der Waals surface area contributed by atoms with E-state index in [2.05, 4.69) is 9.88 Å². The molecule has 2 N–H and O–H groups in total. The molecular weight excluding hydrogens is 398 g/mol. The van der Waals surface area contributed by atoms with Crippen LogP contribution >= 0.6 is 0 Å². The van der Waals surface area contributed by atoms with E-state index >= 15 is 0 Å². The molecule has 4 rings (SSSR count). The summed E-state index contributed by atoms with van der Waals surface area (Å²) >= 11 is 0. The normalized spacial score (nSPS) is 16.5. The van der Waals surface area contributed by atoms with Crippen molar-refractivity contribution in [3.05, 3.63) is 36.3 Å². The number of amides is 1. The number of aromatic nitrogens is 2.